The summed E-state index contributed by atoms with van der Waals surface area (Å²) in [7, 11) is 0. The topological polar surface area (TPSA) is 35.2 Å². The van der Waals surface area contributed by atoms with Gasteiger partial charge in [-0.05, 0) is 30.7 Å². The van der Waals surface area contributed by atoms with Gasteiger partial charge in [0.05, 0.1) is 0 Å². The zero-order valence-electron chi connectivity index (χ0n) is 10.9. The molecule has 0 aromatic heterocycles. The van der Waals surface area contributed by atoms with Crippen molar-refractivity contribution >= 4 is 0 Å². The van der Waals surface area contributed by atoms with Crippen LogP contribution in [0.5, 0.6) is 5.75 Å². The van der Waals surface area contributed by atoms with Gasteiger partial charge in [0.25, 0.3) is 0 Å². The number of hydrogen-bond acceptors (Lipinski definition) is 2. The van der Waals surface area contributed by atoms with Gasteiger partial charge in [-0.15, -0.1) is 0 Å². The van der Waals surface area contributed by atoms with E-state index in [0.29, 0.717) is 17.6 Å². The number of rotatable bonds is 1. The lowest BCUT2D eigenvalue weighted by atomic mass is 9.62. The monoisotopic (exact) mass is 249 g/mol. The van der Waals surface area contributed by atoms with Gasteiger partial charge in [-0.1, -0.05) is 19.9 Å². The standard InChI is InChI=1S/C15H20FNO/c1-9(2)10-6-15(7-10)8-13(17)12-4-3-11(16)5-14(12)18-15/h3-5,9-10,13H,6-8,17H2,1-2H3. The summed E-state index contributed by atoms with van der Waals surface area (Å²) in [5.74, 6) is 1.80. The number of benzene rings is 1. The first kappa shape index (κ1) is 12.0. The lowest BCUT2D eigenvalue weighted by molar-refractivity contribution is -0.0846. The molecule has 1 fully saturated rings. The molecular formula is C15H20FNO. The molecule has 0 radical (unpaired) electrons. The van der Waals surface area contributed by atoms with Crippen molar-refractivity contribution in [3.8, 4) is 5.75 Å². The molecular weight excluding hydrogens is 229 g/mol. The minimum absolute atomic E-state index is 0.0255. The molecule has 1 aliphatic carbocycles. The van der Waals surface area contributed by atoms with Crippen molar-refractivity contribution < 1.29 is 9.13 Å². The van der Waals surface area contributed by atoms with Crippen LogP contribution in [0.1, 0.15) is 44.7 Å². The van der Waals surface area contributed by atoms with Crippen LogP contribution >= 0.6 is 0 Å². The lowest BCUT2D eigenvalue weighted by Gasteiger charge is -2.52. The second kappa shape index (κ2) is 3.95. The molecule has 3 heteroatoms. The lowest BCUT2D eigenvalue weighted by Crippen LogP contribution is -2.54. The maximum absolute atomic E-state index is 13.3. The second-order valence-electron chi connectivity index (χ2n) is 6.19. The number of nitrogens with two attached hydrogens (primary N) is 1. The highest BCUT2D eigenvalue weighted by Gasteiger charge is 2.50. The van der Waals surface area contributed by atoms with Crippen LogP contribution in [0.4, 0.5) is 4.39 Å². The maximum atomic E-state index is 13.3. The largest absolute Gasteiger partial charge is 0.487 e. The van der Waals surface area contributed by atoms with Gasteiger partial charge in [0, 0.05) is 24.1 Å². The first-order chi connectivity index (χ1) is 8.49. The van der Waals surface area contributed by atoms with E-state index >= 15 is 0 Å². The summed E-state index contributed by atoms with van der Waals surface area (Å²) < 4.78 is 19.3. The van der Waals surface area contributed by atoms with E-state index in [-0.39, 0.29) is 17.5 Å². The Morgan fingerprint density at radius 1 is 1.33 bits per heavy atom. The van der Waals surface area contributed by atoms with Crippen LogP contribution in [0.25, 0.3) is 0 Å². The van der Waals surface area contributed by atoms with E-state index in [1.54, 1.807) is 6.07 Å². The molecule has 0 saturated heterocycles. The predicted molar refractivity (Wildman–Crippen MR) is 68.9 cm³/mol. The van der Waals surface area contributed by atoms with Crippen LogP contribution in [-0.2, 0) is 0 Å². The molecule has 1 spiro atoms. The average molecular weight is 249 g/mol. The van der Waals surface area contributed by atoms with Gasteiger partial charge in [0.15, 0.2) is 0 Å². The Balaban J connectivity index is 1.84. The summed E-state index contributed by atoms with van der Waals surface area (Å²) in [6, 6.07) is 4.65. The summed E-state index contributed by atoms with van der Waals surface area (Å²) >= 11 is 0. The molecule has 1 heterocycles. The molecule has 3 rings (SSSR count). The van der Waals surface area contributed by atoms with Crippen LogP contribution < -0.4 is 10.5 Å². The van der Waals surface area contributed by atoms with Gasteiger partial charge in [-0.25, -0.2) is 4.39 Å². The van der Waals surface area contributed by atoms with Crippen molar-refractivity contribution in [2.45, 2.75) is 44.8 Å². The molecule has 1 aromatic rings. The Morgan fingerprint density at radius 2 is 2.06 bits per heavy atom. The third kappa shape index (κ3) is 1.81. The normalized spacial score (nSPS) is 34.1. The van der Waals surface area contributed by atoms with E-state index < -0.39 is 0 Å². The highest BCUT2D eigenvalue weighted by atomic mass is 19.1. The molecule has 1 atom stereocenters. The third-order valence-electron chi connectivity index (χ3n) is 4.50. The van der Waals surface area contributed by atoms with Crippen molar-refractivity contribution in [3.05, 3.63) is 29.6 Å². The molecule has 1 saturated carbocycles. The molecule has 1 aromatic carbocycles. The van der Waals surface area contributed by atoms with Crippen LogP contribution in [-0.4, -0.2) is 5.60 Å². The van der Waals surface area contributed by atoms with Crippen molar-refractivity contribution in [1.82, 2.24) is 0 Å². The molecule has 1 unspecified atom stereocenters. The number of fused-ring (bicyclic) bond motifs is 1. The molecule has 0 amide bonds. The highest BCUT2D eigenvalue weighted by molar-refractivity contribution is 5.39. The van der Waals surface area contributed by atoms with Gasteiger partial charge in [-0.2, -0.15) is 0 Å². The SMILES string of the molecule is CC(C)C1CC2(CC(N)c3ccc(F)cc3O2)C1. The fourth-order valence-corrected chi connectivity index (χ4v) is 3.31. The summed E-state index contributed by atoms with van der Waals surface area (Å²) in [4.78, 5) is 0. The molecule has 0 bridgehead atoms. The third-order valence-corrected chi connectivity index (χ3v) is 4.50. The van der Waals surface area contributed by atoms with Crippen LogP contribution in [0.3, 0.4) is 0 Å². The quantitative estimate of drug-likeness (QED) is 0.827. The molecule has 98 valence electrons. The van der Waals surface area contributed by atoms with Crippen molar-refractivity contribution in [2.75, 3.05) is 0 Å². The Morgan fingerprint density at radius 3 is 2.72 bits per heavy atom. The molecule has 2 nitrogen and oxygen atoms in total. The van der Waals surface area contributed by atoms with Crippen molar-refractivity contribution in [3.63, 3.8) is 0 Å². The molecule has 2 aliphatic rings. The maximum Gasteiger partial charge on any atom is 0.127 e. The van der Waals surface area contributed by atoms with E-state index in [1.807, 2.05) is 0 Å². The van der Waals surface area contributed by atoms with Gasteiger partial charge < -0.3 is 10.5 Å². The summed E-state index contributed by atoms with van der Waals surface area (Å²) in [5.41, 5.74) is 7.01. The Bertz CT molecular complexity index is 466. The van der Waals surface area contributed by atoms with Crippen molar-refractivity contribution in [1.29, 1.82) is 0 Å². The molecule has 18 heavy (non-hydrogen) atoms. The number of hydrogen-bond donors (Lipinski definition) is 1. The summed E-state index contributed by atoms with van der Waals surface area (Å²) in [5, 5.41) is 0. The van der Waals surface area contributed by atoms with E-state index in [1.165, 1.54) is 12.1 Å². The van der Waals surface area contributed by atoms with Gasteiger partial charge >= 0.3 is 0 Å². The highest BCUT2D eigenvalue weighted by Crippen LogP contribution is 2.52. The predicted octanol–water partition coefficient (Wildman–Crippen LogP) is 3.41. The van der Waals surface area contributed by atoms with E-state index in [4.69, 9.17) is 10.5 Å². The second-order valence-corrected chi connectivity index (χ2v) is 6.19. The van der Waals surface area contributed by atoms with Gasteiger partial charge in [0.1, 0.15) is 17.2 Å². The van der Waals surface area contributed by atoms with Crippen molar-refractivity contribution in [2.24, 2.45) is 17.6 Å². The summed E-state index contributed by atoms with van der Waals surface area (Å²) in [6.45, 7) is 4.49. The van der Waals surface area contributed by atoms with Crippen LogP contribution in [0.15, 0.2) is 18.2 Å². The van der Waals surface area contributed by atoms with Crippen LogP contribution in [0, 0.1) is 17.7 Å². The number of halogens is 1. The summed E-state index contributed by atoms with van der Waals surface area (Å²) in [6.07, 6.45) is 2.96. The van der Waals surface area contributed by atoms with E-state index in [9.17, 15) is 4.39 Å². The first-order valence-corrected chi connectivity index (χ1v) is 6.73. The molecule has 1 aliphatic heterocycles. The Labute approximate surface area is 107 Å². The van der Waals surface area contributed by atoms with E-state index in [2.05, 4.69) is 13.8 Å². The van der Waals surface area contributed by atoms with Crippen LogP contribution in [0.2, 0.25) is 0 Å². The Hall–Kier alpha value is -1.09. The number of ether oxygens (including phenoxy) is 1. The zero-order valence-corrected chi connectivity index (χ0v) is 10.9. The fraction of sp³-hybridized carbons (Fsp3) is 0.600. The minimum Gasteiger partial charge on any atom is -0.487 e. The average Bonchev–Trinajstić information content (AvgIpc) is 2.24. The fourth-order valence-electron chi connectivity index (χ4n) is 3.31. The Kier molecular flexibility index (Phi) is 2.63. The smallest absolute Gasteiger partial charge is 0.127 e. The molecule has 2 N–H and O–H groups in total. The van der Waals surface area contributed by atoms with E-state index in [0.717, 1.165) is 24.8 Å². The first-order valence-electron chi connectivity index (χ1n) is 6.73. The van der Waals surface area contributed by atoms with Gasteiger partial charge in [0.2, 0.25) is 0 Å². The van der Waals surface area contributed by atoms with Gasteiger partial charge in [-0.3, -0.25) is 0 Å². The minimum atomic E-state index is -0.252. The zero-order chi connectivity index (χ0) is 12.9.